The molecular formula is C30H34N4O2. The summed E-state index contributed by atoms with van der Waals surface area (Å²) in [5, 5.41) is 9.04. The Kier molecular flexibility index (Phi) is 9.39. The van der Waals surface area contributed by atoms with E-state index >= 15 is 0 Å². The molecule has 1 atom stereocenters. The number of benzene rings is 3. The topological polar surface area (TPSA) is 60.2 Å². The number of allylic oxidation sites excluding steroid dienone is 1. The third-order valence-electron chi connectivity index (χ3n) is 6.21. The van der Waals surface area contributed by atoms with Gasteiger partial charge in [-0.3, -0.25) is 4.90 Å². The molecule has 6 heteroatoms. The summed E-state index contributed by atoms with van der Waals surface area (Å²) in [7, 11) is 0. The largest absolute Gasteiger partial charge is 0.463 e. The molecule has 0 aliphatic carbocycles. The number of aromatic nitrogens is 3. The zero-order valence-electron chi connectivity index (χ0n) is 20.9. The smallest absolute Gasteiger partial charge is 0.330 e. The van der Waals surface area contributed by atoms with Crippen LogP contribution in [0.5, 0.6) is 0 Å². The van der Waals surface area contributed by atoms with E-state index in [1.54, 1.807) is 0 Å². The zero-order chi connectivity index (χ0) is 25.0. The molecule has 0 amide bonds. The number of nitrogens with zero attached hydrogens (tertiary/aromatic N) is 4. The van der Waals surface area contributed by atoms with E-state index in [0.717, 1.165) is 49.8 Å². The van der Waals surface area contributed by atoms with Crippen molar-refractivity contribution in [2.24, 2.45) is 0 Å². The summed E-state index contributed by atoms with van der Waals surface area (Å²) in [6.45, 7) is 3.90. The quantitative estimate of drug-likeness (QED) is 0.134. The highest BCUT2D eigenvalue weighted by Gasteiger charge is 2.23. The lowest BCUT2D eigenvalue weighted by Crippen LogP contribution is -2.35. The van der Waals surface area contributed by atoms with Gasteiger partial charge in [-0.2, -0.15) is 0 Å². The number of para-hydroxylation sites is 1. The second-order valence-electron chi connectivity index (χ2n) is 8.78. The van der Waals surface area contributed by atoms with Crippen LogP contribution in [0.3, 0.4) is 0 Å². The molecule has 36 heavy (non-hydrogen) atoms. The standard InChI is InChI=1S/C30H34N4O2/c1-2-36-30(35)21-11-5-10-20-29(34-28-19-13-12-18-27(28)31-32-34)33(24-26-16-8-4-9-17-26)23-22-25-14-6-3-7-15-25/h3-4,6-9,11-19,21,29H,2,5,10,20,22-24H2,1H3/b21-11+. The first-order chi connectivity index (χ1) is 17.7. The number of esters is 1. The maximum Gasteiger partial charge on any atom is 0.330 e. The molecule has 4 rings (SSSR count). The minimum atomic E-state index is -0.287. The van der Waals surface area contributed by atoms with E-state index in [1.807, 2.05) is 31.2 Å². The van der Waals surface area contributed by atoms with Crippen LogP contribution in [0.4, 0.5) is 0 Å². The van der Waals surface area contributed by atoms with Gasteiger partial charge in [-0.05, 0) is 55.9 Å². The molecule has 0 N–H and O–H groups in total. The van der Waals surface area contributed by atoms with Crippen molar-refractivity contribution in [2.75, 3.05) is 13.2 Å². The predicted molar refractivity (Wildman–Crippen MR) is 143 cm³/mol. The zero-order valence-corrected chi connectivity index (χ0v) is 20.9. The normalized spacial score (nSPS) is 12.4. The highest BCUT2D eigenvalue weighted by Crippen LogP contribution is 2.26. The van der Waals surface area contributed by atoms with Crippen molar-refractivity contribution in [3.8, 4) is 0 Å². The van der Waals surface area contributed by atoms with Crippen LogP contribution in [0.25, 0.3) is 11.0 Å². The molecule has 3 aromatic carbocycles. The molecule has 4 aromatic rings. The predicted octanol–water partition coefficient (Wildman–Crippen LogP) is 5.96. The lowest BCUT2D eigenvalue weighted by molar-refractivity contribution is -0.137. The van der Waals surface area contributed by atoms with Crippen LogP contribution in [0.15, 0.2) is 97.1 Å². The Morgan fingerprint density at radius 3 is 2.42 bits per heavy atom. The van der Waals surface area contributed by atoms with Gasteiger partial charge in [0.2, 0.25) is 0 Å². The van der Waals surface area contributed by atoms with Gasteiger partial charge in [0.1, 0.15) is 11.7 Å². The van der Waals surface area contributed by atoms with Crippen molar-refractivity contribution in [1.82, 2.24) is 19.9 Å². The van der Waals surface area contributed by atoms with Crippen LogP contribution in [0.2, 0.25) is 0 Å². The van der Waals surface area contributed by atoms with Crippen molar-refractivity contribution in [1.29, 1.82) is 0 Å². The van der Waals surface area contributed by atoms with E-state index in [2.05, 4.69) is 86.6 Å². The van der Waals surface area contributed by atoms with Gasteiger partial charge >= 0.3 is 5.97 Å². The fourth-order valence-electron chi connectivity index (χ4n) is 4.42. The summed E-state index contributed by atoms with van der Waals surface area (Å²) in [6.07, 6.45) is 6.98. The fraction of sp³-hybridized carbons (Fsp3) is 0.300. The Morgan fingerprint density at radius 1 is 0.972 bits per heavy atom. The minimum Gasteiger partial charge on any atom is -0.463 e. The second-order valence-corrected chi connectivity index (χ2v) is 8.78. The fourth-order valence-corrected chi connectivity index (χ4v) is 4.42. The molecule has 1 aromatic heterocycles. The molecular weight excluding hydrogens is 448 g/mol. The number of carbonyl (C=O) groups excluding carboxylic acids is 1. The first-order valence-corrected chi connectivity index (χ1v) is 12.7. The number of fused-ring (bicyclic) bond motifs is 1. The van der Waals surface area contributed by atoms with Gasteiger partial charge in [-0.15, -0.1) is 5.10 Å². The van der Waals surface area contributed by atoms with Crippen LogP contribution < -0.4 is 0 Å². The van der Waals surface area contributed by atoms with Crippen LogP contribution in [0, 0.1) is 0 Å². The molecule has 0 aliphatic rings. The molecule has 0 fully saturated rings. The lowest BCUT2D eigenvalue weighted by Gasteiger charge is -2.32. The lowest BCUT2D eigenvalue weighted by atomic mass is 10.1. The van der Waals surface area contributed by atoms with Crippen LogP contribution in [0.1, 0.15) is 43.5 Å². The summed E-state index contributed by atoms with van der Waals surface area (Å²) < 4.78 is 7.07. The van der Waals surface area contributed by atoms with Crippen molar-refractivity contribution in [2.45, 2.75) is 45.3 Å². The van der Waals surface area contributed by atoms with Gasteiger partial charge in [-0.25, -0.2) is 9.48 Å². The SMILES string of the molecule is CCOC(=O)/C=C/CCCC(N(CCc1ccccc1)Cc1ccccc1)n1nnc2ccccc21. The molecule has 186 valence electrons. The van der Waals surface area contributed by atoms with Crippen molar-refractivity contribution < 1.29 is 9.53 Å². The average molecular weight is 483 g/mol. The number of hydrogen-bond donors (Lipinski definition) is 0. The number of ether oxygens (including phenoxy) is 1. The van der Waals surface area contributed by atoms with Crippen LogP contribution in [-0.2, 0) is 22.5 Å². The van der Waals surface area contributed by atoms with Gasteiger partial charge < -0.3 is 4.74 Å². The van der Waals surface area contributed by atoms with Crippen molar-refractivity contribution in [3.63, 3.8) is 0 Å². The van der Waals surface area contributed by atoms with Gasteiger partial charge in [0.05, 0.1) is 12.1 Å². The monoisotopic (exact) mass is 482 g/mol. The highest BCUT2D eigenvalue weighted by molar-refractivity contribution is 5.81. The van der Waals surface area contributed by atoms with Gasteiger partial charge in [0, 0.05) is 19.2 Å². The Hall–Kier alpha value is -3.77. The summed E-state index contributed by atoms with van der Waals surface area (Å²) in [4.78, 5) is 14.2. The van der Waals surface area contributed by atoms with Gasteiger partial charge in [-0.1, -0.05) is 84.1 Å². The summed E-state index contributed by atoms with van der Waals surface area (Å²) >= 11 is 0. The molecule has 0 spiro atoms. The second kappa shape index (κ2) is 13.4. The Bertz CT molecular complexity index is 1240. The third kappa shape index (κ3) is 7.12. The van der Waals surface area contributed by atoms with E-state index in [1.165, 1.54) is 17.2 Å². The molecule has 0 aliphatic heterocycles. The van der Waals surface area contributed by atoms with E-state index in [-0.39, 0.29) is 12.1 Å². The van der Waals surface area contributed by atoms with Crippen molar-refractivity contribution in [3.05, 3.63) is 108 Å². The molecule has 0 radical (unpaired) electrons. The van der Waals surface area contributed by atoms with E-state index in [9.17, 15) is 4.79 Å². The van der Waals surface area contributed by atoms with Crippen molar-refractivity contribution >= 4 is 17.0 Å². The number of carbonyl (C=O) groups is 1. The Balaban J connectivity index is 1.58. The summed E-state index contributed by atoms with van der Waals surface area (Å²) in [5.74, 6) is -0.287. The maximum absolute atomic E-state index is 11.7. The molecule has 0 saturated heterocycles. The molecule has 0 saturated carbocycles. The molecule has 1 unspecified atom stereocenters. The molecule has 6 nitrogen and oxygen atoms in total. The third-order valence-corrected chi connectivity index (χ3v) is 6.21. The molecule has 0 bridgehead atoms. The first kappa shape index (κ1) is 25.3. The first-order valence-electron chi connectivity index (χ1n) is 12.7. The molecule has 1 heterocycles. The Labute approximate surface area is 213 Å². The van der Waals surface area contributed by atoms with E-state index in [0.29, 0.717) is 6.61 Å². The Morgan fingerprint density at radius 2 is 1.67 bits per heavy atom. The number of hydrogen-bond acceptors (Lipinski definition) is 5. The minimum absolute atomic E-state index is 0.0253. The maximum atomic E-state index is 11.7. The van der Waals surface area contributed by atoms with Gasteiger partial charge in [0.25, 0.3) is 0 Å². The average Bonchev–Trinajstić information content (AvgIpc) is 3.34. The van der Waals surface area contributed by atoms with E-state index in [4.69, 9.17) is 4.74 Å². The van der Waals surface area contributed by atoms with Gasteiger partial charge in [0.15, 0.2) is 0 Å². The van der Waals surface area contributed by atoms with Crippen LogP contribution >= 0.6 is 0 Å². The van der Waals surface area contributed by atoms with Crippen LogP contribution in [-0.4, -0.2) is 39.0 Å². The summed E-state index contributed by atoms with van der Waals surface area (Å²) in [5.41, 5.74) is 4.51. The number of unbranched alkanes of at least 4 members (excludes halogenated alkanes) is 1. The highest BCUT2D eigenvalue weighted by atomic mass is 16.5. The van der Waals surface area contributed by atoms with E-state index < -0.39 is 0 Å². The number of rotatable bonds is 13. The summed E-state index contributed by atoms with van der Waals surface area (Å²) in [6, 6.07) is 29.3.